The van der Waals surface area contributed by atoms with Crippen LogP contribution in [0, 0.1) is 5.41 Å². The SMILES string of the molecule is CCCCN1CCN(CC(C)(C)C)S1(=O)=O. The second-order valence-electron chi connectivity index (χ2n) is 5.65. The van der Waals surface area contributed by atoms with E-state index in [-0.39, 0.29) is 5.41 Å². The van der Waals surface area contributed by atoms with E-state index >= 15 is 0 Å². The van der Waals surface area contributed by atoms with Gasteiger partial charge in [-0.25, -0.2) is 0 Å². The molecular weight excluding hydrogens is 224 g/mol. The Morgan fingerprint density at radius 1 is 1.12 bits per heavy atom. The predicted molar refractivity (Wildman–Crippen MR) is 66.4 cm³/mol. The van der Waals surface area contributed by atoms with Crippen molar-refractivity contribution in [2.24, 2.45) is 5.41 Å². The average molecular weight is 248 g/mol. The Kier molecular flexibility index (Phi) is 4.37. The first kappa shape index (κ1) is 13.9. The summed E-state index contributed by atoms with van der Waals surface area (Å²) in [6, 6.07) is 0. The van der Waals surface area contributed by atoms with Gasteiger partial charge in [-0.15, -0.1) is 0 Å². The van der Waals surface area contributed by atoms with Crippen LogP contribution in [0.1, 0.15) is 40.5 Å². The van der Waals surface area contributed by atoms with E-state index in [0.717, 1.165) is 12.8 Å². The lowest BCUT2D eigenvalue weighted by atomic mass is 9.97. The zero-order valence-corrected chi connectivity index (χ0v) is 11.7. The van der Waals surface area contributed by atoms with Crippen molar-refractivity contribution in [2.75, 3.05) is 26.2 Å². The van der Waals surface area contributed by atoms with Gasteiger partial charge in [0.1, 0.15) is 0 Å². The summed E-state index contributed by atoms with van der Waals surface area (Å²) in [7, 11) is -3.17. The van der Waals surface area contributed by atoms with Crippen molar-refractivity contribution in [2.45, 2.75) is 40.5 Å². The molecular formula is C11H24N2O2S. The van der Waals surface area contributed by atoms with Crippen molar-refractivity contribution < 1.29 is 8.42 Å². The van der Waals surface area contributed by atoms with E-state index in [1.165, 1.54) is 0 Å². The molecule has 0 aromatic rings. The zero-order valence-electron chi connectivity index (χ0n) is 10.9. The van der Waals surface area contributed by atoms with Crippen LogP contribution in [0.5, 0.6) is 0 Å². The Balaban J connectivity index is 2.65. The number of rotatable bonds is 4. The molecule has 1 rings (SSSR count). The highest BCUT2D eigenvalue weighted by Crippen LogP contribution is 2.23. The molecule has 96 valence electrons. The van der Waals surface area contributed by atoms with Crippen molar-refractivity contribution in [3.05, 3.63) is 0 Å². The van der Waals surface area contributed by atoms with E-state index in [4.69, 9.17) is 0 Å². The van der Waals surface area contributed by atoms with Crippen molar-refractivity contribution in [3.63, 3.8) is 0 Å². The minimum atomic E-state index is -3.17. The molecule has 4 nitrogen and oxygen atoms in total. The normalized spacial score (nSPS) is 22.8. The van der Waals surface area contributed by atoms with Gasteiger partial charge >= 0.3 is 0 Å². The third-order valence-electron chi connectivity index (χ3n) is 2.66. The second-order valence-corrected chi connectivity index (χ2v) is 7.58. The molecule has 0 aromatic heterocycles. The third kappa shape index (κ3) is 3.43. The summed E-state index contributed by atoms with van der Waals surface area (Å²) < 4.78 is 27.5. The average Bonchev–Trinajstić information content (AvgIpc) is 2.37. The summed E-state index contributed by atoms with van der Waals surface area (Å²) in [6.07, 6.45) is 1.98. The van der Waals surface area contributed by atoms with Gasteiger partial charge in [-0.05, 0) is 11.8 Å². The number of unbranched alkanes of at least 4 members (excludes halogenated alkanes) is 1. The smallest absolute Gasteiger partial charge is 0.195 e. The maximum absolute atomic E-state index is 12.1. The van der Waals surface area contributed by atoms with Gasteiger partial charge in [0, 0.05) is 26.2 Å². The summed E-state index contributed by atoms with van der Waals surface area (Å²) >= 11 is 0. The van der Waals surface area contributed by atoms with E-state index in [0.29, 0.717) is 26.2 Å². The molecule has 1 fully saturated rings. The topological polar surface area (TPSA) is 40.6 Å². The van der Waals surface area contributed by atoms with E-state index in [2.05, 4.69) is 27.7 Å². The van der Waals surface area contributed by atoms with Crippen molar-refractivity contribution >= 4 is 10.2 Å². The maximum Gasteiger partial charge on any atom is 0.282 e. The molecule has 1 aliphatic heterocycles. The van der Waals surface area contributed by atoms with Crippen LogP contribution in [0.25, 0.3) is 0 Å². The van der Waals surface area contributed by atoms with E-state index < -0.39 is 10.2 Å². The molecule has 5 heteroatoms. The van der Waals surface area contributed by atoms with Crippen molar-refractivity contribution in [1.29, 1.82) is 0 Å². The van der Waals surface area contributed by atoms with Gasteiger partial charge in [0.05, 0.1) is 0 Å². The molecule has 0 aromatic carbocycles. The first-order valence-electron chi connectivity index (χ1n) is 6.02. The molecule has 0 saturated carbocycles. The fraction of sp³-hybridized carbons (Fsp3) is 1.00. The van der Waals surface area contributed by atoms with Gasteiger partial charge in [0.25, 0.3) is 10.2 Å². The fourth-order valence-corrected chi connectivity index (χ4v) is 3.73. The van der Waals surface area contributed by atoms with Crippen LogP contribution in [0.2, 0.25) is 0 Å². The minimum Gasteiger partial charge on any atom is -0.195 e. The Bertz CT molecular complexity index is 319. The molecule has 1 heterocycles. The van der Waals surface area contributed by atoms with Gasteiger partial charge in [-0.2, -0.15) is 17.0 Å². The largest absolute Gasteiger partial charge is 0.282 e. The van der Waals surface area contributed by atoms with Crippen LogP contribution in [0.3, 0.4) is 0 Å². The van der Waals surface area contributed by atoms with Crippen LogP contribution in [0.4, 0.5) is 0 Å². The standard InChI is InChI=1S/C11H24N2O2S/c1-5-6-7-12-8-9-13(16(12,14)15)10-11(2,3)4/h5-10H2,1-4H3. The molecule has 0 spiro atoms. The highest BCUT2D eigenvalue weighted by molar-refractivity contribution is 7.87. The lowest BCUT2D eigenvalue weighted by Crippen LogP contribution is -2.38. The van der Waals surface area contributed by atoms with Gasteiger partial charge < -0.3 is 0 Å². The number of hydrogen-bond acceptors (Lipinski definition) is 2. The van der Waals surface area contributed by atoms with Crippen LogP contribution >= 0.6 is 0 Å². The molecule has 1 saturated heterocycles. The summed E-state index contributed by atoms with van der Waals surface area (Å²) in [5.41, 5.74) is 0.0217. The molecule has 0 amide bonds. The molecule has 0 N–H and O–H groups in total. The minimum absolute atomic E-state index is 0.0217. The molecule has 0 atom stereocenters. The van der Waals surface area contributed by atoms with Crippen molar-refractivity contribution in [1.82, 2.24) is 8.61 Å². The molecule has 16 heavy (non-hydrogen) atoms. The van der Waals surface area contributed by atoms with Crippen LogP contribution in [-0.2, 0) is 10.2 Å². The van der Waals surface area contributed by atoms with E-state index in [1.54, 1.807) is 8.61 Å². The van der Waals surface area contributed by atoms with Gasteiger partial charge in [0.15, 0.2) is 0 Å². The zero-order chi connectivity index (χ0) is 12.4. The first-order valence-corrected chi connectivity index (χ1v) is 7.42. The van der Waals surface area contributed by atoms with Gasteiger partial charge in [0.2, 0.25) is 0 Å². The van der Waals surface area contributed by atoms with E-state index in [9.17, 15) is 8.42 Å². The number of nitrogens with zero attached hydrogens (tertiary/aromatic N) is 2. The monoisotopic (exact) mass is 248 g/mol. The molecule has 1 aliphatic rings. The predicted octanol–water partition coefficient (Wildman–Crippen LogP) is 1.70. The lowest BCUT2D eigenvalue weighted by molar-refractivity contribution is 0.297. The maximum atomic E-state index is 12.1. The Hall–Kier alpha value is -0.130. The van der Waals surface area contributed by atoms with Gasteiger partial charge in [-0.1, -0.05) is 34.1 Å². The Morgan fingerprint density at radius 2 is 1.69 bits per heavy atom. The van der Waals surface area contributed by atoms with Crippen LogP contribution in [-0.4, -0.2) is 43.2 Å². The quantitative estimate of drug-likeness (QED) is 0.759. The highest BCUT2D eigenvalue weighted by atomic mass is 32.2. The molecule has 0 radical (unpaired) electrons. The molecule has 0 bridgehead atoms. The van der Waals surface area contributed by atoms with Gasteiger partial charge in [-0.3, -0.25) is 0 Å². The third-order valence-corrected chi connectivity index (χ3v) is 4.65. The summed E-state index contributed by atoms with van der Waals surface area (Å²) in [5, 5.41) is 0. The van der Waals surface area contributed by atoms with E-state index in [1.807, 2.05) is 0 Å². The van der Waals surface area contributed by atoms with Crippen LogP contribution in [0.15, 0.2) is 0 Å². The fourth-order valence-electron chi connectivity index (χ4n) is 1.87. The van der Waals surface area contributed by atoms with Crippen LogP contribution < -0.4 is 0 Å². The lowest BCUT2D eigenvalue weighted by Gasteiger charge is -2.25. The summed E-state index contributed by atoms with van der Waals surface area (Å²) in [5.74, 6) is 0. The number of hydrogen-bond donors (Lipinski definition) is 0. The Morgan fingerprint density at radius 3 is 2.19 bits per heavy atom. The summed E-state index contributed by atoms with van der Waals surface area (Å²) in [4.78, 5) is 0. The first-order chi connectivity index (χ1) is 7.27. The molecule has 0 unspecified atom stereocenters. The Labute approximate surface area is 99.8 Å². The summed E-state index contributed by atoms with van der Waals surface area (Å²) in [6.45, 7) is 10.8. The highest BCUT2D eigenvalue weighted by Gasteiger charge is 2.37. The molecule has 0 aliphatic carbocycles. The van der Waals surface area contributed by atoms with Crippen molar-refractivity contribution in [3.8, 4) is 0 Å². The second kappa shape index (κ2) is 5.02.